The van der Waals surface area contributed by atoms with Crippen LogP contribution in [0.2, 0.25) is 0 Å². The lowest BCUT2D eigenvalue weighted by Gasteiger charge is -2.12. The summed E-state index contributed by atoms with van der Waals surface area (Å²) >= 11 is 1.48. The first-order valence-corrected chi connectivity index (χ1v) is 6.73. The number of hydrogen-bond acceptors (Lipinski definition) is 3. The summed E-state index contributed by atoms with van der Waals surface area (Å²) in [4.78, 5) is 23.1. The monoisotopic (exact) mass is 274 g/mol. The summed E-state index contributed by atoms with van der Waals surface area (Å²) < 4.78 is 0. The largest absolute Gasteiger partial charge is 0.326 e. The van der Waals surface area contributed by atoms with Crippen molar-refractivity contribution in [2.45, 2.75) is 13.8 Å². The number of benzene rings is 1. The van der Waals surface area contributed by atoms with E-state index in [1.165, 1.54) is 18.3 Å². The third-order valence-electron chi connectivity index (χ3n) is 2.68. The highest BCUT2D eigenvalue weighted by molar-refractivity contribution is 7.08. The first-order chi connectivity index (χ1) is 9.08. The van der Waals surface area contributed by atoms with Crippen LogP contribution in [0.15, 0.2) is 35.0 Å². The minimum atomic E-state index is -0.149. The number of anilines is 2. The average molecular weight is 274 g/mol. The van der Waals surface area contributed by atoms with Crippen LogP contribution in [0.5, 0.6) is 0 Å². The topological polar surface area (TPSA) is 58.2 Å². The molecule has 98 valence electrons. The van der Waals surface area contributed by atoms with Gasteiger partial charge in [0.25, 0.3) is 5.91 Å². The van der Waals surface area contributed by atoms with Crippen molar-refractivity contribution in [3.8, 4) is 0 Å². The third-order valence-corrected chi connectivity index (χ3v) is 3.36. The molecule has 2 aromatic rings. The molecule has 0 bridgehead atoms. The quantitative estimate of drug-likeness (QED) is 0.902. The zero-order valence-electron chi connectivity index (χ0n) is 10.7. The molecule has 2 amide bonds. The van der Waals surface area contributed by atoms with E-state index in [-0.39, 0.29) is 11.8 Å². The third kappa shape index (κ3) is 3.20. The summed E-state index contributed by atoms with van der Waals surface area (Å²) in [5.41, 5.74) is 2.87. The summed E-state index contributed by atoms with van der Waals surface area (Å²) in [6, 6.07) is 7.18. The highest BCUT2D eigenvalue weighted by Crippen LogP contribution is 2.24. The Balaban J connectivity index is 2.21. The summed E-state index contributed by atoms with van der Waals surface area (Å²) in [6.45, 7) is 3.31. The number of hydrogen-bond donors (Lipinski definition) is 2. The van der Waals surface area contributed by atoms with Gasteiger partial charge < -0.3 is 10.6 Å². The Bertz CT molecular complexity index is 606. The van der Waals surface area contributed by atoms with Gasteiger partial charge in [0, 0.05) is 23.7 Å². The molecule has 19 heavy (non-hydrogen) atoms. The van der Waals surface area contributed by atoms with Gasteiger partial charge in [-0.2, -0.15) is 11.3 Å². The summed E-state index contributed by atoms with van der Waals surface area (Å²) in [7, 11) is 0. The highest BCUT2D eigenvalue weighted by Gasteiger charge is 2.10. The molecule has 0 saturated heterocycles. The lowest BCUT2D eigenvalue weighted by molar-refractivity contribution is -0.114. The number of rotatable bonds is 3. The predicted molar refractivity (Wildman–Crippen MR) is 77.8 cm³/mol. The minimum absolute atomic E-state index is 0.135. The maximum Gasteiger partial charge on any atom is 0.256 e. The van der Waals surface area contributed by atoms with Crippen molar-refractivity contribution in [3.05, 3.63) is 46.2 Å². The fourth-order valence-electron chi connectivity index (χ4n) is 1.68. The summed E-state index contributed by atoms with van der Waals surface area (Å²) in [6.07, 6.45) is 0. The van der Waals surface area contributed by atoms with Gasteiger partial charge in [0.05, 0.1) is 5.56 Å². The number of thiophene rings is 1. The molecule has 4 nitrogen and oxygen atoms in total. The van der Waals surface area contributed by atoms with Crippen molar-refractivity contribution >= 4 is 34.5 Å². The van der Waals surface area contributed by atoms with E-state index in [9.17, 15) is 9.59 Å². The Morgan fingerprint density at radius 1 is 1.11 bits per heavy atom. The maximum absolute atomic E-state index is 12.0. The molecule has 0 aliphatic heterocycles. The van der Waals surface area contributed by atoms with Gasteiger partial charge in [-0.15, -0.1) is 0 Å². The molecule has 5 heteroatoms. The molecular formula is C14H14N2O2S. The summed E-state index contributed by atoms with van der Waals surface area (Å²) in [5.74, 6) is -0.284. The number of carbonyl (C=O) groups excluding carboxylic acids is 2. The van der Waals surface area contributed by atoms with Crippen molar-refractivity contribution in [1.29, 1.82) is 0 Å². The number of amides is 2. The van der Waals surface area contributed by atoms with Crippen molar-refractivity contribution in [2.75, 3.05) is 10.6 Å². The van der Waals surface area contributed by atoms with Gasteiger partial charge in [0.2, 0.25) is 5.91 Å². The molecule has 0 radical (unpaired) electrons. The molecule has 1 aromatic carbocycles. The highest BCUT2D eigenvalue weighted by atomic mass is 32.1. The Morgan fingerprint density at radius 2 is 1.79 bits per heavy atom. The van der Waals surface area contributed by atoms with E-state index in [1.54, 1.807) is 23.6 Å². The van der Waals surface area contributed by atoms with Gasteiger partial charge >= 0.3 is 0 Å². The van der Waals surface area contributed by atoms with Crippen LogP contribution < -0.4 is 10.6 Å². The van der Waals surface area contributed by atoms with E-state index < -0.39 is 0 Å². The van der Waals surface area contributed by atoms with E-state index >= 15 is 0 Å². The average Bonchev–Trinajstić information content (AvgIpc) is 2.87. The van der Waals surface area contributed by atoms with Gasteiger partial charge in [-0.05, 0) is 36.1 Å². The Morgan fingerprint density at radius 3 is 2.37 bits per heavy atom. The second-order valence-corrected chi connectivity index (χ2v) is 4.91. The molecule has 0 aliphatic rings. The molecule has 1 heterocycles. The fourth-order valence-corrected chi connectivity index (χ4v) is 2.32. The second-order valence-electron chi connectivity index (χ2n) is 4.13. The fraction of sp³-hybridized carbons (Fsp3) is 0.143. The van der Waals surface area contributed by atoms with Gasteiger partial charge in [0.1, 0.15) is 0 Å². The predicted octanol–water partition coefficient (Wildman–Crippen LogP) is 3.27. The second kappa shape index (κ2) is 5.67. The van der Waals surface area contributed by atoms with Crippen molar-refractivity contribution in [3.63, 3.8) is 0 Å². The molecule has 0 unspecified atom stereocenters. The van der Waals surface area contributed by atoms with Crippen LogP contribution in [-0.2, 0) is 4.79 Å². The van der Waals surface area contributed by atoms with E-state index in [0.29, 0.717) is 16.9 Å². The van der Waals surface area contributed by atoms with Crippen LogP contribution in [-0.4, -0.2) is 11.8 Å². The first-order valence-electron chi connectivity index (χ1n) is 5.78. The maximum atomic E-state index is 12.0. The van der Waals surface area contributed by atoms with Crippen LogP contribution in [0, 0.1) is 6.92 Å². The van der Waals surface area contributed by atoms with Crippen LogP contribution in [0.3, 0.4) is 0 Å². The van der Waals surface area contributed by atoms with Crippen LogP contribution >= 0.6 is 11.3 Å². The molecule has 0 saturated carbocycles. The molecule has 0 spiro atoms. The van der Waals surface area contributed by atoms with E-state index in [2.05, 4.69) is 10.6 Å². The van der Waals surface area contributed by atoms with E-state index in [0.717, 1.165) is 5.56 Å². The molecule has 2 rings (SSSR count). The number of nitrogens with one attached hydrogen (secondary N) is 2. The Labute approximate surface area is 115 Å². The molecular weight excluding hydrogens is 260 g/mol. The van der Waals surface area contributed by atoms with Crippen molar-refractivity contribution in [2.24, 2.45) is 0 Å². The van der Waals surface area contributed by atoms with E-state index in [4.69, 9.17) is 0 Å². The molecule has 2 N–H and O–H groups in total. The van der Waals surface area contributed by atoms with Crippen LogP contribution in [0.1, 0.15) is 22.8 Å². The standard InChI is InChI=1S/C14H14N2O2S/c1-9-12(15-10(2)17)4-3-5-13(9)16-14(18)11-6-7-19-8-11/h3-8H,1-2H3,(H,15,17)(H,16,18). The van der Waals surface area contributed by atoms with Crippen LogP contribution in [0.4, 0.5) is 11.4 Å². The summed E-state index contributed by atoms with van der Waals surface area (Å²) in [5, 5.41) is 9.23. The Kier molecular flexibility index (Phi) is 3.97. The molecule has 0 atom stereocenters. The normalized spacial score (nSPS) is 10.0. The first kappa shape index (κ1) is 13.3. The Hall–Kier alpha value is -2.14. The van der Waals surface area contributed by atoms with E-state index in [1.807, 2.05) is 18.4 Å². The van der Waals surface area contributed by atoms with Crippen molar-refractivity contribution in [1.82, 2.24) is 0 Å². The van der Waals surface area contributed by atoms with Gasteiger partial charge in [-0.3, -0.25) is 9.59 Å². The zero-order chi connectivity index (χ0) is 13.8. The van der Waals surface area contributed by atoms with Gasteiger partial charge in [-0.1, -0.05) is 6.07 Å². The number of carbonyl (C=O) groups is 2. The zero-order valence-corrected chi connectivity index (χ0v) is 11.5. The van der Waals surface area contributed by atoms with Gasteiger partial charge in [-0.25, -0.2) is 0 Å². The van der Waals surface area contributed by atoms with Gasteiger partial charge in [0.15, 0.2) is 0 Å². The smallest absolute Gasteiger partial charge is 0.256 e. The minimum Gasteiger partial charge on any atom is -0.326 e. The molecule has 0 fully saturated rings. The SMILES string of the molecule is CC(=O)Nc1cccc(NC(=O)c2ccsc2)c1C. The van der Waals surface area contributed by atoms with Crippen LogP contribution in [0.25, 0.3) is 0 Å². The lowest BCUT2D eigenvalue weighted by atomic mass is 10.1. The molecule has 1 aromatic heterocycles. The lowest BCUT2D eigenvalue weighted by Crippen LogP contribution is -2.13. The van der Waals surface area contributed by atoms with Crippen molar-refractivity contribution < 1.29 is 9.59 Å². The molecule has 0 aliphatic carbocycles.